The molecule has 0 aliphatic carbocycles. The lowest BCUT2D eigenvalue weighted by Gasteiger charge is -2.22. The Balaban J connectivity index is 1.79. The van der Waals surface area contributed by atoms with E-state index in [-0.39, 0.29) is 5.56 Å². The first-order valence-corrected chi connectivity index (χ1v) is 6.22. The second-order valence-corrected chi connectivity index (χ2v) is 4.67. The van der Waals surface area contributed by atoms with Crippen LogP contribution in [0.4, 0.5) is 0 Å². The highest BCUT2D eigenvalue weighted by Crippen LogP contribution is 2.08. The van der Waals surface area contributed by atoms with Crippen LogP contribution in [-0.2, 0) is 6.54 Å². The molecule has 1 unspecified atom stereocenters. The molecule has 1 aromatic rings. The number of aromatic amines is 1. The smallest absolute Gasteiger partial charge is 0.251 e. The van der Waals surface area contributed by atoms with Crippen molar-refractivity contribution < 1.29 is 0 Å². The third-order valence-corrected chi connectivity index (χ3v) is 3.05. The minimum atomic E-state index is -0.0753. The number of nitrogens with zero attached hydrogens (tertiary/aromatic N) is 1. The van der Waals surface area contributed by atoms with Crippen molar-refractivity contribution in [3.63, 3.8) is 0 Å². The third kappa shape index (κ3) is 3.94. The van der Waals surface area contributed by atoms with Crippen LogP contribution >= 0.6 is 0 Å². The van der Waals surface area contributed by atoms with E-state index >= 15 is 0 Å². The van der Waals surface area contributed by atoms with Gasteiger partial charge in [-0.15, -0.1) is 0 Å². The topological polar surface area (TPSA) is 69.8 Å². The molecule has 2 rings (SSSR count). The number of aryl methyl sites for hydroxylation is 1. The summed E-state index contributed by atoms with van der Waals surface area (Å²) in [7, 11) is 0. The minimum Gasteiger partial charge on any atom is -0.316 e. The van der Waals surface area contributed by atoms with Crippen molar-refractivity contribution in [1.29, 1.82) is 0 Å². The summed E-state index contributed by atoms with van der Waals surface area (Å²) in [6.07, 6.45) is 2.54. The summed E-state index contributed by atoms with van der Waals surface area (Å²) in [4.78, 5) is 18.2. The maximum atomic E-state index is 11.2. The number of aromatic nitrogens is 2. The number of H-pyrrole nitrogens is 1. The molecule has 1 aliphatic rings. The molecule has 94 valence electrons. The van der Waals surface area contributed by atoms with Crippen LogP contribution in [0.2, 0.25) is 0 Å². The maximum Gasteiger partial charge on any atom is 0.251 e. The van der Waals surface area contributed by atoms with E-state index in [9.17, 15) is 4.79 Å². The zero-order valence-corrected chi connectivity index (χ0v) is 10.3. The Morgan fingerprint density at radius 2 is 2.47 bits per heavy atom. The number of rotatable bonds is 4. The normalized spacial score (nSPS) is 20.4. The second kappa shape index (κ2) is 5.93. The molecule has 1 atom stereocenters. The number of hydrogen-bond acceptors (Lipinski definition) is 4. The first-order chi connectivity index (χ1) is 8.24. The molecule has 0 bridgehead atoms. The highest BCUT2D eigenvalue weighted by molar-refractivity contribution is 5.01. The first kappa shape index (κ1) is 12.3. The van der Waals surface area contributed by atoms with Gasteiger partial charge in [0.25, 0.3) is 5.56 Å². The van der Waals surface area contributed by atoms with Gasteiger partial charge in [0.05, 0.1) is 5.69 Å². The Morgan fingerprint density at radius 3 is 3.18 bits per heavy atom. The van der Waals surface area contributed by atoms with Crippen molar-refractivity contribution in [3.8, 4) is 0 Å². The fourth-order valence-corrected chi connectivity index (χ4v) is 2.23. The molecular weight excluding hydrogens is 216 g/mol. The van der Waals surface area contributed by atoms with Crippen molar-refractivity contribution in [3.05, 3.63) is 27.9 Å². The van der Waals surface area contributed by atoms with Gasteiger partial charge in [0.15, 0.2) is 0 Å². The van der Waals surface area contributed by atoms with Crippen LogP contribution in [0.3, 0.4) is 0 Å². The van der Waals surface area contributed by atoms with Gasteiger partial charge in [-0.1, -0.05) is 0 Å². The Kier molecular flexibility index (Phi) is 4.28. The van der Waals surface area contributed by atoms with Gasteiger partial charge >= 0.3 is 0 Å². The van der Waals surface area contributed by atoms with E-state index in [0.29, 0.717) is 18.3 Å². The van der Waals surface area contributed by atoms with E-state index in [1.165, 1.54) is 12.8 Å². The fraction of sp³-hybridized carbons (Fsp3) is 0.667. The molecule has 0 radical (unpaired) electrons. The lowest BCUT2D eigenvalue weighted by Crippen LogP contribution is -2.36. The van der Waals surface area contributed by atoms with Crippen molar-refractivity contribution in [2.75, 3.05) is 19.6 Å². The minimum absolute atomic E-state index is 0.0753. The van der Waals surface area contributed by atoms with Gasteiger partial charge < -0.3 is 15.6 Å². The number of nitrogens with one attached hydrogen (secondary N) is 3. The first-order valence-electron chi connectivity index (χ1n) is 6.22. The Labute approximate surface area is 101 Å². The van der Waals surface area contributed by atoms with Gasteiger partial charge in [0.2, 0.25) is 0 Å². The van der Waals surface area contributed by atoms with E-state index in [1.54, 1.807) is 13.0 Å². The van der Waals surface area contributed by atoms with E-state index in [1.807, 2.05) is 0 Å². The molecular formula is C12H20N4O. The SMILES string of the molecule is Cc1nc(CNCC2CCCNC2)cc(=O)[nH]1. The van der Waals surface area contributed by atoms with E-state index in [4.69, 9.17) is 0 Å². The number of hydrogen-bond donors (Lipinski definition) is 3. The zero-order valence-electron chi connectivity index (χ0n) is 10.3. The van der Waals surface area contributed by atoms with Crippen LogP contribution in [0.1, 0.15) is 24.4 Å². The Bertz CT molecular complexity index is 409. The van der Waals surface area contributed by atoms with Crippen molar-refractivity contribution in [2.45, 2.75) is 26.3 Å². The van der Waals surface area contributed by atoms with Gasteiger partial charge in [-0.05, 0) is 45.3 Å². The Morgan fingerprint density at radius 1 is 1.59 bits per heavy atom. The van der Waals surface area contributed by atoms with Crippen LogP contribution in [0.25, 0.3) is 0 Å². The maximum absolute atomic E-state index is 11.2. The fourth-order valence-electron chi connectivity index (χ4n) is 2.23. The summed E-state index contributed by atoms with van der Waals surface area (Å²) in [6.45, 7) is 5.69. The van der Waals surface area contributed by atoms with Crippen molar-refractivity contribution in [1.82, 2.24) is 20.6 Å². The highest BCUT2D eigenvalue weighted by Gasteiger charge is 2.12. The van der Waals surface area contributed by atoms with Gasteiger partial charge in [-0.25, -0.2) is 4.98 Å². The molecule has 1 saturated heterocycles. The molecule has 17 heavy (non-hydrogen) atoms. The predicted molar refractivity (Wildman–Crippen MR) is 66.9 cm³/mol. The average Bonchev–Trinajstić information content (AvgIpc) is 2.29. The summed E-state index contributed by atoms with van der Waals surface area (Å²) < 4.78 is 0. The van der Waals surface area contributed by atoms with Crippen LogP contribution < -0.4 is 16.2 Å². The largest absolute Gasteiger partial charge is 0.316 e. The van der Waals surface area contributed by atoms with Crippen LogP contribution in [-0.4, -0.2) is 29.6 Å². The molecule has 3 N–H and O–H groups in total. The quantitative estimate of drug-likeness (QED) is 0.697. The molecule has 0 aromatic carbocycles. The highest BCUT2D eigenvalue weighted by atomic mass is 16.1. The van der Waals surface area contributed by atoms with Crippen LogP contribution in [0.15, 0.2) is 10.9 Å². The molecule has 1 aromatic heterocycles. The summed E-state index contributed by atoms with van der Waals surface area (Å²) in [6, 6.07) is 1.55. The summed E-state index contributed by atoms with van der Waals surface area (Å²) in [5, 5.41) is 6.76. The van der Waals surface area contributed by atoms with Gasteiger partial charge in [-0.3, -0.25) is 4.79 Å². The van der Waals surface area contributed by atoms with Gasteiger partial charge in [0.1, 0.15) is 5.82 Å². The van der Waals surface area contributed by atoms with Crippen molar-refractivity contribution in [2.24, 2.45) is 5.92 Å². The molecule has 5 heteroatoms. The number of piperidine rings is 1. The third-order valence-electron chi connectivity index (χ3n) is 3.05. The summed E-state index contributed by atoms with van der Waals surface area (Å²) in [5.74, 6) is 1.38. The molecule has 0 saturated carbocycles. The summed E-state index contributed by atoms with van der Waals surface area (Å²) >= 11 is 0. The predicted octanol–water partition coefficient (Wildman–Crippen LogP) is 0.168. The Hall–Kier alpha value is -1.20. The van der Waals surface area contributed by atoms with Crippen LogP contribution in [0.5, 0.6) is 0 Å². The van der Waals surface area contributed by atoms with Crippen molar-refractivity contribution >= 4 is 0 Å². The van der Waals surface area contributed by atoms with E-state index in [2.05, 4.69) is 20.6 Å². The average molecular weight is 236 g/mol. The lowest BCUT2D eigenvalue weighted by atomic mass is 10.00. The van der Waals surface area contributed by atoms with Gasteiger partial charge in [-0.2, -0.15) is 0 Å². The lowest BCUT2D eigenvalue weighted by molar-refractivity contribution is 0.359. The monoisotopic (exact) mass is 236 g/mol. The zero-order chi connectivity index (χ0) is 12.1. The molecule has 0 spiro atoms. The van der Waals surface area contributed by atoms with Crippen LogP contribution in [0, 0.1) is 12.8 Å². The second-order valence-electron chi connectivity index (χ2n) is 4.67. The van der Waals surface area contributed by atoms with Gasteiger partial charge in [0, 0.05) is 12.6 Å². The van der Waals surface area contributed by atoms with E-state index < -0.39 is 0 Å². The molecule has 1 aliphatic heterocycles. The standard InChI is InChI=1S/C12H20N4O/c1-9-15-11(5-12(17)16-9)8-14-7-10-3-2-4-13-6-10/h5,10,13-14H,2-4,6-8H2,1H3,(H,15,16,17). The van der Waals surface area contributed by atoms with E-state index in [0.717, 1.165) is 25.3 Å². The molecule has 2 heterocycles. The molecule has 1 fully saturated rings. The molecule has 5 nitrogen and oxygen atoms in total. The summed E-state index contributed by atoms with van der Waals surface area (Å²) in [5.41, 5.74) is 0.739. The molecule has 0 amide bonds.